The first kappa shape index (κ1) is 55.0. The number of hydrogen-bond acceptors (Lipinski definition) is 5. The molecule has 0 aromatic heterocycles. The van der Waals surface area contributed by atoms with Crippen molar-refractivity contribution in [3.63, 3.8) is 0 Å². The highest BCUT2D eigenvalue weighted by Crippen LogP contribution is 2.42. The molecule has 8 nitrogen and oxygen atoms in total. The Labute approximate surface area is 396 Å². The highest BCUT2D eigenvalue weighted by molar-refractivity contribution is 5.95. The minimum absolute atomic E-state index is 0.0415. The number of carbonyl (C=O) groups is 3. The van der Waals surface area contributed by atoms with E-state index < -0.39 is 23.1 Å². The first-order chi connectivity index (χ1) is 31.2. The first-order valence-electron chi connectivity index (χ1n) is 24.2. The van der Waals surface area contributed by atoms with Crippen LogP contribution in [0.25, 0.3) is 12.2 Å². The van der Waals surface area contributed by atoms with Gasteiger partial charge in [0, 0.05) is 29.4 Å². The average Bonchev–Trinajstić information content (AvgIpc) is 3.30. The topological polar surface area (TPSA) is 144 Å². The van der Waals surface area contributed by atoms with Gasteiger partial charge in [-0.15, -0.1) is 0 Å². The third-order valence-electron chi connectivity index (χ3n) is 14.5. The number of hydrogen-bond donors (Lipinski definition) is 5. The van der Waals surface area contributed by atoms with E-state index in [9.17, 15) is 29.7 Å². The zero-order chi connectivity index (χ0) is 49.5. The molecule has 0 fully saturated rings. The van der Waals surface area contributed by atoms with E-state index in [-0.39, 0.29) is 23.2 Å². The SMILES string of the molecule is CCC(O)(/C=C/c1ccc(C(CC)(CC)c2ccc(C(=O)NCCCC(=O)O)c(C)c2)cc1C)CC.CCC(O)(/C=C/c1ccc(C(CC)(CC)c2ccc(C(=O)O)c(C)c2)cc1C)CC. The molecule has 8 heteroatoms. The zero-order valence-electron chi connectivity index (χ0n) is 42.0. The lowest BCUT2D eigenvalue weighted by Crippen LogP contribution is -2.28. The fourth-order valence-corrected chi connectivity index (χ4v) is 9.20. The Morgan fingerprint density at radius 2 is 0.848 bits per heavy atom. The van der Waals surface area contributed by atoms with Crippen LogP contribution in [0.1, 0.15) is 196 Å². The summed E-state index contributed by atoms with van der Waals surface area (Å²) in [7, 11) is 0. The molecule has 358 valence electrons. The molecule has 4 aromatic rings. The van der Waals surface area contributed by atoms with Crippen LogP contribution in [0.5, 0.6) is 0 Å². The number of aliphatic carboxylic acids is 1. The molecule has 0 heterocycles. The third-order valence-corrected chi connectivity index (χ3v) is 14.5. The van der Waals surface area contributed by atoms with Gasteiger partial charge in [-0.3, -0.25) is 9.59 Å². The summed E-state index contributed by atoms with van der Waals surface area (Å²) in [6.07, 6.45) is 14.8. The molecule has 1 amide bonds. The Morgan fingerprint density at radius 1 is 0.500 bits per heavy atom. The molecule has 0 spiro atoms. The quantitative estimate of drug-likeness (QED) is 0.0494. The zero-order valence-corrected chi connectivity index (χ0v) is 42.0. The molecule has 4 aromatic carbocycles. The van der Waals surface area contributed by atoms with Gasteiger partial charge in [0.1, 0.15) is 0 Å². The second-order valence-electron chi connectivity index (χ2n) is 18.1. The van der Waals surface area contributed by atoms with E-state index in [0.29, 0.717) is 49.8 Å². The Balaban J connectivity index is 0.000000356. The lowest BCUT2D eigenvalue weighted by atomic mass is 9.69. The molecule has 0 bridgehead atoms. The molecule has 0 radical (unpaired) electrons. The van der Waals surface area contributed by atoms with Crippen LogP contribution in [0.2, 0.25) is 0 Å². The molecule has 4 rings (SSSR count). The smallest absolute Gasteiger partial charge is 0.335 e. The van der Waals surface area contributed by atoms with Gasteiger partial charge in [0.2, 0.25) is 0 Å². The number of rotatable bonds is 22. The lowest BCUT2D eigenvalue weighted by Gasteiger charge is -2.34. The van der Waals surface area contributed by atoms with Crippen molar-refractivity contribution in [3.05, 3.63) is 152 Å². The average molecular weight is 902 g/mol. The summed E-state index contributed by atoms with van der Waals surface area (Å²) in [5, 5.41) is 42.1. The Morgan fingerprint density at radius 3 is 1.15 bits per heavy atom. The van der Waals surface area contributed by atoms with Crippen LogP contribution in [0.15, 0.2) is 84.9 Å². The summed E-state index contributed by atoms with van der Waals surface area (Å²) in [5.41, 5.74) is 10.2. The largest absolute Gasteiger partial charge is 0.481 e. The minimum Gasteiger partial charge on any atom is -0.481 e. The number of carbonyl (C=O) groups excluding carboxylic acids is 1. The Bertz CT molecular complexity index is 2320. The molecule has 0 atom stereocenters. The van der Waals surface area contributed by atoms with Crippen molar-refractivity contribution in [3.8, 4) is 0 Å². The molecular formula is C58H79NO7. The summed E-state index contributed by atoms with van der Waals surface area (Å²) in [5.74, 6) is -1.92. The van der Waals surface area contributed by atoms with E-state index in [1.54, 1.807) is 6.07 Å². The van der Waals surface area contributed by atoms with Crippen molar-refractivity contribution in [2.75, 3.05) is 6.54 Å². The Hall–Kier alpha value is -5.31. The van der Waals surface area contributed by atoms with Crippen molar-refractivity contribution in [2.24, 2.45) is 0 Å². The van der Waals surface area contributed by atoms with E-state index in [1.165, 1.54) is 27.8 Å². The summed E-state index contributed by atoms with van der Waals surface area (Å²) in [6, 6.07) is 24.9. The fraction of sp³-hybridized carbons (Fsp3) is 0.466. The van der Waals surface area contributed by atoms with Gasteiger partial charge in [0.15, 0.2) is 0 Å². The predicted molar refractivity (Wildman–Crippen MR) is 273 cm³/mol. The second kappa shape index (κ2) is 24.5. The number of nitrogens with one attached hydrogen (secondary N) is 1. The number of benzene rings is 4. The highest BCUT2D eigenvalue weighted by Gasteiger charge is 2.33. The van der Waals surface area contributed by atoms with Crippen molar-refractivity contribution < 1.29 is 34.8 Å². The number of aryl methyl sites for hydroxylation is 4. The molecule has 66 heavy (non-hydrogen) atoms. The van der Waals surface area contributed by atoms with E-state index in [4.69, 9.17) is 5.11 Å². The van der Waals surface area contributed by atoms with Gasteiger partial charge < -0.3 is 25.7 Å². The van der Waals surface area contributed by atoms with Crippen molar-refractivity contribution in [1.29, 1.82) is 0 Å². The van der Waals surface area contributed by atoms with Crippen LogP contribution >= 0.6 is 0 Å². The van der Waals surface area contributed by atoms with Gasteiger partial charge in [-0.1, -0.05) is 140 Å². The molecule has 0 saturated carbocycles. The Kier molecular flexibility index (Phi) is 20.4. The fourth-order valence-electron chi connectivity index (χ4n) is 9.20. The molecular weight excluding hydrogens is 823 g/mol. The van der Waals surface area contributed by atoms with Crippen LogP contribution in [0, 0.1) is 27.7 Å². The van der Waals surface area contributed by atoms with Crippen LogP contribution in [-0.2, 0) is 15.6 Å². The summed E-state index contributed by atoms with van der Waals surface area (Å²) >= 11 is 0. The van der Waals surface area contributed by atoms with Gasteiger partial charge in [-0.05, 0) is 153 Å². The summed E-state index contributed by atoms with van der Waals surface area (Å²) < 4.78 is 0. The van der Waals surface area contributed by atoms with Crippen LogP contribution in [0.3, 0.4) is 0 Å². The van der Waals surface area contributed by atoms with Gasteiger partial charge >= 0.3 is 11.9 Å². The van der Waals surface area contributed by atoms with Crippen molar-refractivity contribution in [1.82, 2.24) is 5.32 Å². The summed E-state index contributed by atoms with van der Waals surface area (Å²) in [4.78, 5) is 34.8. The molecule has 0 aliphatic rings. The third kappa shape index (κ3) is 13.2. The molecule has 5 N–H and O–H groups in total. The lowest BCUT2D eigenvalue weighted by molar-refractivity contribution is -0.137. The van der Waals surface area contributed by atoms with E-state index >= 15 is 0 Å². The van der Waals surface area contributed by atoms with Crippen LogP contribution in [-0.4, -0.2) is 56.0 Å². The molecule has 0 aliphatic heterocycles. The molecule has 0 unspecified atom stereocenters. The molecule has 0 aliphatic carbocycles. The monoisotopic (exact) mass is 902 g/mol. The second-order valence-corrected chi connectivity index (χ2v) is 18.1. The van der Waals surface area contributed by atoms with E-state index in [2.05, 4.69) is 95.4 Å². The maximum Gasteiger partial charge on any atom is 0.335 e. The normalized spacial score (nSPS) is 12.3. The number of carboxylic acids is 2. The van der Waals surface area contributed by atoms with Crippen molar-refractivity contribution in [2.45, 2.75) is 169 Å². The van der Waals surface area contributed by atoms with Crippen molar-refractivity contribution >= 4 is 30.0 Å². The standard InChI is InChI=1S/C31H43NO4.C27H36O3/c1-7-30(36,8-2)18-17-24-13-14-25(20-22(24)5)31(9-3,10-4)26-15-16-27(23(6)21-26)29(35)32-19-11-12-28(33)34;1-7-26(30,8-2)16-15-21-11-12-22(17-19(21)5)27(9-3,10-4)23-13-14-24(25(28)29)20(6)18-23/h13-18,20-21,36H,7-12,19H2,1-6H3,(H,32,35)(H,33,34);11-18,30H,7-10H2,1-6H3,(H,28,29)/b18-17+;16-15+. The van der Waals surface area contributed by atoms with Gasteiger partial charge in [-0.2, -0.15) is 0 Å². The first-order valence-corrected chi connectivity index (χ1v) is 24.2. The van der Waals surface area contributed by atoms with Crippen LogP contribution < -0.4 is 5.32 Å². The predicted octanol–water partition coefficient (Wildman–Crippen LogP) is 13.2. The minimum atomic E-state index is -0.885. The van der Waals surface area contributed by atoms with E-state index in [0.717, 1.165) is 53.5 Å². The van der Waals surface area contributed by atoms with Gasteiger partial charge in [-0.25, -0.2) is 4.79 Å². The molecule has 0 saturated heterocycles. The number of aliphatic hydroxyl groups is 2. The summed E-state index contributed by atoms with van der Waals surface area (Å²) in [6.45, 7) is 25.2. The van der Waals surface area contributed by atoms with Gasteiger partial charge in [0.05, 0.1) is 16.8 Å². The van der Waals surface area contributed by atoms with Gasteiger partial charge in [0.25, 0.3) is 5.91 Å². The number of amides is 1. The maximum atomic E-state index is 12.7. The van der Waals surface area contributed by atoms with E-state index in [1.807, 2.05) is 84.0 Å². The number of aromatic carboxylic acids is 1. The maximum absolute atomic E-state index is 12.7. The highest BCUT2D eigenvalue weighted by atomic mass is 16.4. The number of carboxylic acid groups (broad SMARTS) is 2. The van der Waals surface area contributed by atoms with Crippen LogP contribution in [0.4, 0.5) is 0 Å².